The number of hydrogen-bond donors (Lipinski definition) is 3. The second-order valence-electron chi connectivity index (χ2n) is 5.11. The van der Waals surface area contributed by atoms with E-state index >= 15 is 0 Å². The number of halogens is 3. The molecule has 3 N–H and O–H groups in total. The smallest absolute Gasteiger partial charge is 0.217 e. The van der Waals surface area contributed by atoms with Crippen LogP contribution in [0.3, 0.4) is 0 Å². The molecule has 24 heavy (non-hydrogen) atoms. The average Bonchev–Trinajstić information content (AvgIpc) is 2.45. The number of carbonyl (C=O) groups excluding carboxylic acids is 3. The molecule has 1 rings (SSSR count). The number of hydrogen-bond acceptors (Lipinski definition) is 3. The van der Waals surface area contributed by atoms with Crippen LogP contribution in [0.4, 0.5) is 0 Å². The first kappa shape index (κ1) is 21.9. The Morgan fingerprint density at radius 2 is 0.833 bits per heavy atom. The number of benzene rings is 1. The van der Waals surface area contributed by atoms with Crippen LogP contribution in [0.25, 0.3) is 0 Å². The van der Waals surface area contributed by atoms with Crippen molar-refractivity contribution in [3.8, 4) is 0 Å². The van der Waals surface area contributed by atoms with Gasteiger partial charge in [-0.25, -0.2) is 0 Å². The third-order valence-electron chi connectivity index (χ3n) is 3.13. The molecule has 0 fully saturated rings. The van der Waals surface area contributed by atoms with Crippen LogP contribution >= 0.6 is 67.8 Å². The van der Waals surface area contributed by atoms with E-state index in [0.717, 1.165) is 27.4 Å². The molecule has 0 spiro atoms. The van der Waals surface area contributed by atoms with Crippen LogP contribution in [-0.4, -0.2) is 17.7 Å². The first-order chi connectivity index (χ1) is 11.1. The normalized spacial score (nSPS) is 10.2. The summed E-state index contributed by atoms with van der Waals surface area (Å²) in [7, 11) is 0. The predicted molar refractivity (Wildman–Crippen MR) is 117 cm³/mol. The fourth-order valence-corrected chi connectivity index (χ4v) is 6.25. The first-order valence-corrected chi connectivity index (χ1v) is 10.3. The molecule has 0 aliphatic rings. The summed E-state index contributed by atoms with van der Waals surface area (Å²) in [6.45, 7) is 5.64. The van der Waals surface area contributed by atoms with Gasteiger partial charge in [-0.3, -0.25) is 14.4 Å². The zero-order chi connectivity index (χ0) is 18.4. The fourth-order valence-electron chi connectivity index (χ4n) is 1.94. The van der Waals surface area contributed by atoms with Gasteiger partial charge in [0.2, 0.25) is 17.7 Å². The van der Waals surface area contributed by atoms with Gasteiger partial charge < -0.3 is 16.0 Å². The summed E-state index contributed by atoms with van der Waals surface area (Å²) in [5, 5.41) is 8.46. The van der Waals surface area contributed by atoms with Gasteiger partial charge in [0.1, 0.15) is 0 Å². The quantitative estimate of drug-likeness (QED) is 0.408. The molecule has 0 unspecified atom stereocenters. The van der Waals surface area contributed by atoms with Gasteiger partial charge in [0, 0.05) is 51.1 Å². The second-order valence-corrected chi connectivity index (χ2v) is 8.34. The van der Waals surface area contributed by atoms with Gasteiger partial charge in [0.05, 0.1) is 0 Å². The molecule has 0 bridgehead atoms. The minimum atomic E-state index is -0.105. The number of amides is 3. The predicted octanol–water partition coefficient (Wildman–Crippen LogP) is 2.41. The van der Waals surface area contributed by atoms with Crippen LogP contribution in [0.1, 0.15) is 37.5 Å². The Morgan fingerprint density at radius 3 is 1.00 bits per heavy atom. The van der Waals surface area contributed by atoms with Gasteiger partial charge in [-0.2, -0.15) is 0 Å². The Labute approximate surface area is 182 Å². The van der Waals surface area contributed by atoms with Gasteiger partial charge in [0.15, 0.2) is 0 Å². The lowest BCUT2D eigenvalue weighted by Crippen LogP contribution is -2.26. The minimum Gasteiger partial charge on any atom is -0.352 e. The maximum atomic E-state index is 11.3. The van der Waals surface area contributed by atoms with Crippen molar-refractivity contribution in [2.75, 3.05) is 0 Å². The molecule has 0 saturated heterocycles. The van der Waals surface area contributed by atoms with Crippen LogP contribution in [0, 0.1) is 10.7 Å². The van der Waals surface area contributed by atoms with Gasteiger partial charge in [-0.1, -0.05) is 0 Å². The second kappa shape index (κ2) is 10.1. The molecular formula is C15H18I3N3O3. The van der Waals surface area contributed by atoms with E-state index in [1.165, 1.54) is 20.8 Å². The van der Waals surface area contributed by atoms with Crippen LogP contribution in [0.2, 0.25) is 0 Å². The van der Waals surface area contributed by atoms with E-state index in [2.05, 4.69) is 83.7 Å². The lowest BCUT2D eigenvalue weighted by atomic mass is 10.0. The van der Waals surface area contributed by atoms with Crippen LogP contribution in [0.15, 0.2) is 0 Å². The molecule has 3 amide bonds. The maximum absolute atomic E-state index is 11.3. The summed E-state index contributed by atoms with van der Waals surface area (Å²) < 4.78 is 3.03. The molecule has 0 aliphatic heterocycles. The van der Waals surface area contributed by atoms with E-state index in [4.69, 9.17) is 0 Å². The Hall–Kier alpha value is -0.180. The number of nitrogens with one attached hydrogen (secondary N) is 3. The molecule has 0 saturated carbocycles. The van der Waals surface area contributed by atoms with Crippen molar-refractivity contribution in [2.45, 2.75) is 40.4 Å². The van der Waals surface area contributed by atoms with E-state index in [1.807, 2.05) is 0 Å². The van der Waals surface area contributed by atoms with E-state index in [0.29, 0.717) is 19.6 Å². The third kappa shape index (κ3) is 6.28. The van der Waals surface area contributed by atoms with Crippen molar-refractivity contribution in [1.29, 1.82) is 0 Å². The van der Waals surface area contributed by atoms with Crippen molar-refractivity contribution in [3.63, 3.8) is 0 Å². The van der Waals surface area contributed by atoms with Gasteiger partial charge >= 0.3 is 0 Å². The summed E-state index contributed by atoms with van der Waals surface area (Å²) in [5.41, 5.74) is 2.98. The first-order valence-electron chi connectivity index (χ1n) is 7.05. The summed E-state index contributed by atoms with van der Waals surface area (Å²) in [4.78, 5) is 33.8. The lowest BCUT2D eigenvalue weighted by Gasteiger charge is -2.20. The highest BCUT2D eigenvalue weighted by atomic mass is 127. The van der Waals surface area contributed by atoms with Crippen molar-refractivity contribution in [1.82, 2.24) is 16.0 Å². The van der Waals surface area contributed by atoms with Gasteiger partial charge in [-0.15, -0.1) is 0 Å². The van der Waals surface area contributed by atoms with Crippen molar-refractivity contribution >= 4 is 85.5 Å². The number of rotatable bonds is 6. The standard InChI is InChI=1S/C15H18I3N3O3/c1-7(22)19-4-10-13(16)11(5-20-8(2)23)15(18)12(14(10)17)6-21-9(3)24/h4-6H2,1-3H3,(H,19,22)(H,20,23)(H,21,24). The lowest BCUT2D eigenvalue weighted by molar-refractivity contribution is -0.119. The van der Waals surface area contributed by atoms with Crippen LogP contribution in [0.5, 0.6) is 0 Å². The highest BCUT2D eigenvalue weighted by Gasteiger charge is 2.20. The summed E-state index contributed by atoms with van der Waals surface area (Å²) >= 11 is 6.73. The van der Waals surface area contributed by atoms with E-state index in [1.54, 1.807) is 0 Å². The third-order valence-corrected chi connectivity index (χ3v) is 7.04. The van der Waals surface area contributed by atoms with Crippen molar-refractivity contribution in [2.24, 2.45) is 0 Å². The summed E-state index contributed by atoms with van der Waals surface area (Å²) in [6, 6.07) is 0. The monoisotopic (exact) mass is 669 g/mol. The topological polar surface area (TPSA) is 87.3 Å². The highest BCUT2D eigenvalue weighted by Crippen LogP contribution is 2.32. The summed E-state index contributed by atoms with van der Waals surface area (Å²) in [5.74, 6) is -0.314. The van der Waals surface area contributed by atoms with E-state index in [9.17, 15) is 14.4 Å². The molecule has 6 nitrogen and oxygen atoms in total. The van der Waals surface area contributed by atoms with Crippen LogP contribution in [-0.2, 0) is 34.0 Å². The highest BCUT2D eigenvalue weighted by molar-refractivity contribution is 14.1. The van der Waals surface area contributed by atoms with E-state index < -0.39 is 0 Å². The molecular weight excluding hydrogens is 651 g/mol. The zero-order valence-corrected chi connectivity index (χ0v) is 20.0. The Morgan fingerprint density at radius 1 is 0.625 bits per heavy atom. The maximum Gasteiger partial charge on any atom is 0.217 e. The minimum absolute atomic E-state index is 0.105. The Balaban J connectivity index is 3.36. The largest absolute Gasteiger partial charge is 0.352 e. The molecule has 132 valence electrons. The Kier molecular flexibility index (Phi) is 9.19. The number of carbonyl (C=O) groups is 3. The molecule has 1 aromatic rings. The van der Waals surface area contributed by atoms with E-state index in [-0.39, 0.29) is 17.7 Å². The van der Waals surface area contributed by atoms with Crippen molar-refractivity contribution < 1.29 is 14.4 Å². The van der Waals surface area contributed by atoms with Crippen LogP contribution < -0.4 is 16.0 Å². The van der Waals surface area contributed by atoms with Crippen molar-refractivity contribution in [3.05, 3.63) is 27.4 Å². The SMILES string of the molecule is CC(=O)NCc1c(I)c(CNC(C)=O)c(I)c(CNC(C)=O)c1I. The average molecular weight is 669 g/mol. The molecule has 0 heterocycles. The zero-order valence-electron chi connectivity index (χ0n) is 13.5. The molecule has 0 atom stereocenters. The molecule has 9 heteroatoms. The van der Waals surface area contributed by atoms with Gasteiger partial charge in [0.25, 0.3) is 0 Å². The molecule has 1 aromatic carbocycles. The summed E-state index contributed by atoms with van der Waals surface area (Å²) in [6.07, 6.45) is 0. The fraction of sp³-hybridized carbons (Fsp3) is 0.400. The molecule has 0 aliphatic carbocycles. The molecule has 0 radical (unpaired) electrons. The van der Waals surface area contributed by atoms with Gasteiger partial charge in [-0.05, 0) is 84.5 Å². The Bertz CT molecular complexity index is 566. The molecule has 0 aromatic heterocycles.